The number of nitrogens with zero attached hydrogens (tertiary/aromatic N) is 1. The van der Waals surface area contributed by atoms with Gasteiger partial charge in [0, 0.05) is 17.3 Å². The van der Waals surface area contributed by atoms with Gasteiger partial charge in [0.1, 0.15) is 0 Å². The molecule has 0 bridgehead atoms. The van der Waals surface area contributed by atoms with Gasteiger partial charge in [0.25, 0.3) is 5.91 Å². The van der Waals surface area contributed by atoms with E-state index in [0.29, 0.717) is 17.1 Å². The fraction of sp³-hybridized carbons (Fsp3) is 0.300. The van der Waals surface area contributed by atoms with Gasteiger partial charge in [0.2, 0.25) is 0 Å². The molecule has 1 amide bonds. The Labute approximate surface area is 152 Å². The Hall–Kier alpha value is -2.33. The number of fused-ring (bicyclic) bond motifs is 1. The molecule has 3 rings (SSSR count). The van der Waals surface area contributed by atoms with E-state index in [1.54, 1.807) is 30.0 Å². The summed E-state index contributed by atoms with van der Waals surface area (Å²) >= 11 is 6.06. The summed E-state index contributed by atoms with van der Waals surface area (Å²) in [5.41, 5.74) is 2.75. The van der Waals surface area contributed by atoms with Gasteiger partial charge < -0.3 is 9.64 Å². The first-order valence-corrected chi connectivity index (χ1v) is 8.76. The molecule has 2 aromatic carbocycles. The normalized spacial score (nSPS) is 14.6. The number of carbonyl (C=O) groups excluding carboxylic acids is 2. The second kappa shape index (κ2) is 7.70. The molecule has 5 heteroatoms. The summed E-state index contributed by atoms with van der Waals surface area (Å²) < 4.78 is 5.35. The zero-order valence-corrected chi connectivity index (χ0v) is 14.8. The molecule has 0 radical (unpaired) electrons. The molecule has 1 heterocycles. The Balaban J connectivity index is 1.65. The Kier molecular flexibility index (Phi) is 5.39. The van der Waals surface area contributed by atoms with E-state index in [1.807, 2.05) is 30.3 Å². The SMILES string of the molecule is CC(OC(=O)Cc1ccccc1Cl)C(=O)N1CCCc2ccccc21. The maximum absolute atomic E-state index is 12.7. The van der Waals surface area contributed by atoms with Crippen LogP contribution in [0.15, 0.2) is 48.5 Å². The Morgan fingerprint density at radius 3 is 2.68 bits per heavy atom. The third-order valence-corrected chi connectivity index (χ3v) is 4.69. The van der Waals surface area contributed by atoms with Gasteiger partial charge in [-0.25, -0.2) is 0 Å². The van der Waals surface area contributed by atoms with Crippen LogP contribution in [0.2, 0.25) is 5.02 Å². The second-order valence-electron chi connectivity index (χ2n) is 6.12. The third kappa shape index (κ3) is 4.02. The first kappa shape index (κ1) is 17.5. The van der Waals surface area contributed by atoms with Gasteiger partial charge in [-0.05, 0) is 43.0 Å². The van der Waals surface area contributed by atoms with Crippen molar-refractivity contribution in [3.8, 4) is 0 Å². The molecule has 0 aliphatic carbocycles. The van der Waals surface area contributed by atoms with Crippen molar-refractivity contribution in [2.24, 2.45) is 0 Å². The van der Waals surface area contributed by atoms with E-state index >= 15 is 0 Å². The van der Waals surface area contributed by atoms with Gasteiger partial charge in [-0.15, -0.1) is 0 Å². The molecule has 1 unspecified atom stereocenters. The highest BCUT2D eigenvalue weighted by Crippen LogP contribution is 2.27. The number of halogens is 1. The van der Waals surface area contributed by atoms with E-state index in [2.05, 4.69) is 0 Å². The van der Waals surface area contributed by atoms with Crippen molar-refractivity contribution in [1.29, 1.82) is 0 Å². The van der Waals surface area contributed by atoms with Gasteiger partial charge in [-0.2, -0.15) is 0 Å². The first-order chi connectivity index (χ1) is 12.1. The summed E-state index contributed by atoms with van der Waals surface area (Å²) in [7, 11) is 0. The van der Waals surface area contributed by atoms with E-state index in [1.165, 1.54) is 0 Å². The van der Waals surface area contributed by atoms with Crippen molar-refractivity contribution in [2.75, 3.05) is 11.4 Å². The predicted octanol–water partition coefficient (Wildman–Crippen LogP) is 3.79. The van der Waals surface area contributed by atoms with E-state index in [0.717, 1.165) is 24.1 Å². The van der Waals surface area contributed by atoms with Crippen LogP contribution in [0, 0.1) is 0 Å². The van der Waals surface area contributed by atoms with Crippen LogP contribution < -0.4 is 4.90 Å². The van der Waals surface area contributed by atoms with Gasteiger partial charge >= 0.3 is 5.97 Å². The lowest BCUT2D eigenvalue weighted by Gasteiger charge is -2.31. The number of carbonyl (C=O) groups is 2. The molecule has 1 aliphatic heterocycles. The highest BCUT2D eigenvalue weighted by Gasteiger charge is 2.28. The van der Waals surface area contributed by atoms with E-state index in [-0.39, 0.29) is 12.3 Å². The number of hydrogen-bond donors (Lipinski definition) is 0. The summed E-state index contributed by atoms with van der Waals surface area (Å²) in [5.74, 6) is -0.654. The quantitative estimate of drug-likeness (QED) is 0.782. The van der Waals surface area contributed by atoms with Crippen molar-refractivity contribution in [1.82, 2.24) is 0 Å². The molecule has 130 valence electrons. The summed E-state index contributed by atoms with van der Waals surface area (Å²) in [6.45, 7) is 2.26. The molecule has 25 heavy (non-hydrogen) atoms. The second-order valence-corrected chi connectivity index (χ2v) is 6.53. The summed E-state index contributed by atoms with van der Waals surface area (Å²) in [5, 5.41) is 0.517. The van der Waals surface area contributed by atoms with Crippen molar-refractivity contribution in [3.63, 3.8) is 0 Å². The minimum Gasteiger partial charge on any atom is -0.452 e. The largest absolute Gasteiger partial charge is 0.452 e. The molecule has 0 aromatic heterocycles. The summed E-state index contributed by atoms with van der Waals surface area (Å²) in [6, 6.07) is 15.0. The average molecular weight is 358 g/mol. The summed E-state index contributed by atoms with van der Waals surface area (Å²) in [4.78, 5) is 26.6. The third-order valence-electron chi connectivity index (χ3n) is 4.32. The number of anilines is 1. The lowest BCUT2D eigenvalue weighted by Crippen LogP contribution is -2.42. The van der Waals surface area contributed by atoms with Crippen molar-refractivity contribution in [3.05, 3.63) is 64.7 Å². The van der Waals surface area contributed by atoms with Gasteiger partial charge in [-0.1, -0.05) is 48.0 Å². The molecule has 0 fully saturated rings. The molecule has 2 aromatic rings. The van der Waals surface area contributed by atoms with Crippen LogP contribution in [-0.4, -0.2) is 24.5 Å². The van der Waals surface area contributed by atoms with Crippen LogP contribution >= 0.6 is 11.6 Å². The van der Waals surface area contributed by atoms with E-state index in [4.69, 9.17) is 16.3 Å². The number of rotatable bonds is 4. The number of amides is 1. The van der Waals surface area contributed by atoms with Gasteiger partial charge in [0.15, 0.2) is 6.10 Å². The fourth-order valence-corrected chi connectivity index (χ4v) is 3.27. The maximum atomic E-state index is 12.7. The lowest BCUT2D eigenvalue weighted by molar-refractivity contribution is -0.153. The molecule has 1 aliphatic rings. The molecule has 0 saturated heterocycles. The minimum absolute atomic E-state index is 0.0495. The molecule has 0 spiro atoms. The fourth-order valence-electron chi connectivity index (χ4n) is 3.07. The molecule has 4 nitrogen and oxygen atoms in total. The standard InChI is InChI=1S/C20H20ClNO3/c1-14(25-19(23)13-16-8-2-4-10-17(16)21)20(24)22-12-6-9-15-7-3-5-11-18(15)22/h2-5,7-8,10-11,14H,6,9,12-13H2,1H3. The number of esters is 1. The molecule has 0 N–H and O–H groups in total. The van der Waals surface area contributed by atoms with Crippen LogP contribution in [0.5, 0.6) is 0 Å². The number of aryl methyl sites for hydroxylation is 1. The lowest BCUT2D eigenvalue weighted by atomic mass is 10.0. The Bertz CT molecular complexity index is 790. The highest BCUT2D eigenvalue weighted by atomic mass is 35.5. The topological polar surface area (TPSA) is 46.6 Å². The van der Waals surface area contributed by atoms with Gasteiger partial charge in [-0.3, -0.25) is 9.59 Å². The Morgan fingerprint density at radius 1 is 1.16 bits per heavy atom. The van der Waals surface area contributed by atoms with Crippen molar-refractivity contribution >= 4 is 29.2 Å². The number of para-hydroxylation sites is 1. The van der Waals surface area contributed by atoms with Crippen LogP contribution in [-0.2, 0) is 27.2 Å². The van der Waals surface area contributed by atoms with Crippen LogP contribution in [0.3, 0.4) is 0 Å². The van der Waals surface area contributed by atoms with E-state index in [9.17, 15) is 9.59 Å². The molecule has 0 saturated carbocycles. The van der Waals surface area contributed by atoms with Crippen LogP contribution in [0.25, 0.3) is 0 Å². The number of ether oxygens (including phenoxy) is 1. The smallest absolute Gasteiger partial charge is 0.311 e. The number of benzene rings is 2. The van der Waals surface area contributed by atoms with Crippen molar-refractivity contribution < 1.29 is 14.3 Å². The minimum atomic E-state index is -0.832. The summed E-state index contributed by atoms with van der Waals surface area (Å²) in [6.07, 6.45) is 1.08. The van der Waals surface area contributed by atoms with Crippen LogP contribution in [0.4, 0.5) is 5.69 Å². The number of hydrogen-bond acceptors (Lipinski definition) is 3. The molecular weight excluding hydrogens is 338 g/mol. The van der Waals surface area contributed by atoms with Crippen LogP contribution in [0.1, 0.15) is 24.5 Å². The highest BCUT2D eigenvalue weighted by molar-refractivity contribution is 6.31. The predicted molar refractivity (Wildman–Crippen MR) is 97.8 cm³/mol. The Morgan fingerprint density at radius 2 is 1.88 bits per heavy atom. The average Bonchev–Trinajstić information content (AvgIpc) is 2.62. The zero-order chi connectivity index (χ0) is 17.8. The van der Waals surface area contributed by atoms with Gasteiger partial charge in [0.05, 0.1) is 6.42 Å². The first-order valence-electron chi connectivity index (χ1n) is 8.38. The molecule has 1 atom stereocenters. The van der Waals surface area contributed by atoms with Crippen molar-refractivity contribution in [2.45, 2.75) is 32.3 Å². The monoisotopic (exact) mass is 357 g/mol. The molecular formula is C20H20ClNO3. The zero-order valence-electron chi connectivity index (χ0n) is 14.1. The van der Waals surface area contributed by atoms with E-state index < -0.39 is 12.1 Å². The maximum Gasteiger partial charge on any atom is 0.311 e.